The van der Waals surface area contributed by atoms with Crippen LogP contribution in [0.5, 0.6) is 11.5 Å². The van der Waals surface area contributed by atoms with Gasteiger partial charge in [-0.25, -0.2) is 0 Å². The molecule has 1 aliphatic carbocycles. The smallest absolute Gasteiger partial charge is 0.143 e. The maximum absolute atomic E-state index is 6.78. The third-order valence-electron chi connectivity index (χ3n) is 16.5. The highest BCUT2D eigenvalue weighted by Crippen LogP contribution is 2.48. The number of para-hydroxylation sites is 6. The number of hydrogen-bond donors (Lipinski definition) is 0. The summed E-state index contributed by atoms with van der Waals surface area (Å²) in [5, 5.41) is 2.22. The van der Waals surface area contributed by atoms with Gasteiger partial charge in [0, 0.05) is 56.0 Å². The molecule has 0 N–H and O–H groups in total. The average Bonchev–Trinajstić information content (AvgIpc) is 2.69. The number of furan rings is 1. The van der Waals surface area contributed by atoms with Crippen LogP contribution in [0.15, 0.2) is 314 Å². The molecule has 0 radical (unpaired) electrons. The molecule has 13 aromatic rings. The van der Waals surface area contributed by atoms with Gasteiger partial charge in [-0.15, -0.1) is 0 Å². The molecule has 0 amide bonds. The highest BCUT2D eigenvalue weighted by atomic mass is 16.5. The first-order chi connectivity index (χ1) is 42.4. The molecule has 1 unspecified atom stereocenters. The van der Waals surface area contributed by atoms with E-state index in [1.54, 1.807) is 0 Å². The van der Waals surface area contributed by atoms with Crippen LogP contribution in [-0.2, 0) is 0 Å². The SMILES string of the molecule is Cc1ccccc1Oc1c(C)cccc1-c1ccc(N(c2ccc(-c3ccccc3)cc2)c2cc(N(c3ccccc3)c3ccccc3)cc(N(c3ccc(C4=CCC(C)C=C4)cc3)c3ccc(-c4cccc5c4oc4ccccc45)cc3)c2)cc1. The molecule has 0 saturated carbocycles. The second-order valence-corrected chi connectivity index (χ2v) is 22.3. The van der Waals surface area contributed by atoms with Gasteiger partial charge in [-0.1, -0.05) is 213 Å². The Morgan fingerprint density at radius 3 is 1.35 bits per heavy atom. The Morgan fingerprint density at radius 1 is 0.360 bits per heavy atom. The lowest BCUT2D eigenvalue weighted by molar-refractivity contribution is 0.477. The van der Waals surface area contributed by atoms with Gasteiger partial charge in [0.15, 0.2) is 0 Å². The lowest BCUT2D eigenvalue weighted by Crippen LogP contribution is -2.16. The second-order valence-electron chi connectivity index (χ2n) is 22.3. The second kappa shape index (κ2) is 23.4. The number of rotatable bonds is 15. The molecule has 0 aliphatic heterocycles. The monoisotopic (exact) mass is 1110 g/mol. The molecule has 1 aliphatic rings. The fourth-order valence-electron chi connectivity index (χ4n) is 12.0. The van der Waals surface area contributed by atoms with Crippen LogP contribution in [0.3, 0.4) is 0 Å². The van der Waals surface area contributed by atoms with Gasteiger partial charge in [-0.3, -0.25) is 0 Å². The topological polar surface area (TPSA) is 32.1 Å². The lowest BCUT2D eigenvalue weighted by atomic mass is 9.94. The van der Waals surface area contributed by atoms with E-state index in [9.17, 15) is 0 Å². The Kier molecular flexibility index (Phi) is 14.5. The van der Waals surface area contributed by atoms with E-state index in [-0.39, 0.29) is 0 Å². The normalized spacial score (nSPS) is 12.9. The largest absolute Gasteiger partial charge is 0.456 e. The Bertz CT molecular complexity index is 4550. The van der Waals surface area contributed by atoms with E-state index >= 15 is 0 Å². The van der Waals surface area contributed by atoms with E-state index in [1.807, 2.05) is 30.3 Å². The van der Waals surface area contributed by atoms with Gasteiger partial charge < -0.3 is 23.9 Å². The molecule has 0 bridgehead atoms. The summed E-state index contributed by atoms with van der Waals surface area (Å²) in [5.41, 5.74) is 21.9. The molecular formula is C81H63N3O2. The predicted octanol–water partition coefficient (Wildman–Crippen LogP) is 23.4. The molecule has 0 saturated heterocycles. The van der Waals surface area contributed by atoms with Crippen LogP contribution in [0, 0.1) is 19.8 Å². The van der Waals surface area contributed by atoms with Crippen molar-refractivity contribution in [2.75, 3.05) is 14.7 Å². The zero-order valence-electron chi connectivity index (χ0n) is 48.4. The molecule has 5 nitrogen and oxygen atoms in total. The van der Waals surface area contributed by atoms with Gasteiger partial charge in [0.1, 0.15) is 22.7 Å². The van der Waals surface area contributed by atoms with E-state index < -0.39 is 0 Å². The Hall–Kier alpha value is -10.9. The zero-order chi connectivity index (χ0) is 57.9. The Balaban J connectivity index is 0.970. The molecule has 414 valence electrons. The van der Waals surface area contributed by atoms with E-state index in [0.717, 1.165) is 136 Å². The van der Waals surface area contributed by atoms with Gasteiger partial charge in [0.25, 0.3) is 0 Å². The van der Waals surface area contributed by atoms with Crippen molar-refractivity contribution in [3.8, 4) is 44.9 Å². The summed E-state index contributed by atoms with van der Waals surface area (Å²) in [4.78, 5) is 7.15. The third-order valence-corrected chi connectivity index (χ3v) is 16.5. The van der Waals surface area contributed by atoms with E-state index in [0.29, 0.717) is 5.92 Å². The minimum atomic E-state index is 0.521. The molecular weight excluding hydrogens is 1050 g/mol. The number of ether oxygens (including phenoxy) is 1. The molecule has 14 rings (SSSR count). The van der Waals surface area contributed by atoms with Crippen LogP contribution in [0.1, 0.15) is 30.0 Å². The summed E-state index contributed by atoms with van der Waals surface area (Å²) in [6.45, 7) is 6.48. The summed E-state index contributed by atoms with van der Waals surface area (Å²) >= 11 is 0. The summed E-state index contributed by atoms with van der Waals surface area (Å²) in [7, 11) is 0. The van der Waals surface area contributed by atoms with Crippen LogP contribution in [0.4, 0.5) is 51.2 Å². The number of nitrogens with zero attached hydrogens (tertiary/aromatic N) is 3. The lowest BCUT2D eigenvalue weighted by Gasteiger charge is -2.33. The maximum Gasteiger partial charge on any atom is 0.143 e. The van der Waals surface area contributed by atoms with Crippen LogP contribution < -0.4 is 19.4 Å². The fraction of sp³-hybridized carbons (Fsp3) is 0.0617. The minimum Gasteiger partial charge on any atom is -0.456 e. The van der Waals surface area contributed by atoms with Crippen LogP contribution in [0.2, 0.25) is 0 Å². The van der Waals surface area contributed by atoms with Gasteiger partial charge in [0.2, 0.25) is 0 Å². The number of allylic oxidation sites excluding steroid dienone is 4. The molecule has 12 aromatic carbocycles. The molecule has 5 heteroatoms. The Morgan fingerprint density at radius 2 is 0.791 bits per heavy atom. The zero-order valence-corrected chi connectivity index (χ0v) is 48.4. The highest BCUT2D eigenvalue weighted by Gasteiger charge is 2.24. The number of benzene rings is 12. The van der Waals surface area contributed by atoms with Crippen LogP contribution >= 0.6 is 0 Å². The summed E-state index contributed by atoms with van der Waals surface area (Å²) in [6.07, 6.45) is 7.97. The van der Waals surface area contributed by atoms with Crippen molar-refractivity contribution < 1.29 is 9.15 Å². The van der Waals surface area contributed by atoms with Gasteiger partial charge >= 0.3 is 0 Å². The molecule has 86 heavy (non-hydrogen) atoms. The fourth-order valence-corrected chi connectivity index (χ4v) is 12.0. The van der Waals surface area contributed by atoms with Crippen molar-refractivity contribution in [1.29, 1.82) is 0 Å². The molecule has 0 fully saturated rings. The Labute approximate surface area is 503 Å². The summed E-state index contributed by atoms with van der Waals surface area (Å²) < 4.78 is 13.4. The van der Waals surface area contributed by atoms with Gasteiger partial charge in [-0.05, 0) is 174 Å². The highest BCUT2D eigenvalue weighted by molar-refractivity contribution is 6.09. The van der Waals surface area contributed by atoms with Gasteiger partial charge in [0.05, 0.1) is 17.1 Å². The van der Waals surface area contributed by atoms with Crippen molar-refractivity contribution in [1.82, 2.24) is 0 Å². The van der Waals surface area contributed by atoms with Crippen LogP contribution in [0.25, 0.3) is 60.9 Å². The number of anilines is 9. The summed E-state index contributed by atoms with van der Waals surface area (Å²) in [6, 6.07) is 104. The third kappa shape index (κ3) is 10.6. The van der Waals surface area contributed by atoms with Crippen LogP contribution in [-0.4, -0.2) is 0 Å². The quantitative estimate of drug-likeness (QED) is 0.102. The number of fused-ring (bicyclic) bond motifs is 3. The average molecular weight is 1110 g/mol. The predicted molar refractivity (Wildman–Crippen MR) is 361 cm³/mol. The van der Waals surface area contributed by atoms with E-state index in [1.165, 1.54) is 11.1 Å². The first-order valence-corrected chi connectivity index (χ1v) is 29.6. The molecule has 1 heterocycles. The van der Waals surface area contributed by atoms with Gasteiger partial charge in [-0.2, -0.15) is 0 Å². The van der Waals surface area contributed by atoms with Crippen molar-refractivity contribution in [3.05, 3.63) is 326 Å². The van der Waals surface area contributed by atoms with Crippen molar-refractivity contribution in [2.24, 2.45) is 5.92 Å². The minimum absolute atomic E-state index is 0.521. The van der Waals surface area contributed by atoms with Crippen molar-refractivity contribution >= 4 is 78.7 Å². The van der Waals surface area contributed by atoms with E-state index in [2.05, 4.69) is 315 Å². The number of hydrogen-bond acceptors (Lipinski definition) is 5. The van der Waals surface area contributed by atoms with E-state index in [4.69, 9.17) is 9.15 Å². The maximum atomic E-state index is 6.78. The molecule has 1 aromatic heterocycles. The first kappa shape index (κ1) is 53.1. The standard InChI is InChI=1S/C81H63N3O2/c1-56-33-35-60(36-34-56)62-39-47-68(48-40-62)84(70-51-43-64(44-52-70)75-29-18-30-77-76-27-14-16-32-79(76)86-81(75)77)73-54-71(82(65-23-9-5-10-24-65)66-25-11-6-12-26-66)53-72(55-73)83(67-45-37-61(38-46-67)59-21-7-4-8-22-59)69-49-41-63(42-50-69)74-28-17-20-58(3)80(74)85-78-31-15-13-19-57(78)2/h4-33,35-56H,34H2,1-3H3. The first-order valence-electron chi connectivity index (χ1n) is 29.6. The van der Waals surface area contributed by atoms with Crippen molar-refractivity contribution in [3.63, 3.8) is 0 Å². The molecule has 1 atom stereocenters. The number of aryl methyl sites for hydroxylation is 2. The summed E-state index contributed by atoms with van der Waals surface area (Å²) in [5.74, 6) is 2.21. The van der Waals surface area contributed by atoms with Crippen molar-refractivity contribution in [2.45, 2.75) is 27.2 Å². The molecule has 0 spiro atoms.